The number of likely N-dealkylation sites (tertiary alicyclic amines) is 1. The molecule has 0 unspecified atom stereocenters. The van der Waals surface area contributed by atoms with Crippen LogP contribution in [0.15, 0.2) is 28.7 Å². The summed E-state index contributed by atoms with van der Waals surface area (Å²) in [7, 11) is 0. The lowest BCUT2D eigenvalue weighted by molar-refractivity contribution is 0.0209. The summed E-state index contributed by atoms with van der Waals surface area (Å²) >= 11 is 3.39. The van der Waals surface area contributed by atoms with Gasteiger partial charge in [0.05, 0.1) is 0 Å². The monoisotopic (exact) mass is 341 g/mol. The Morgan fingerprint density at radius 1 is 1.25 bits per heavy atom. The first-order valence-corrected chi connectivity index (χ1v) is 8.17. The van der Waals surface area contributed by atoms with Gasteiger partial charge in [0, 0.05) is 23.1 Å². The molecular weight excluding hydrogens is 318 g/mol. The van der Waals surface area contributed by atoms with E-state index in [9.17, 15) is 5.11 Å². The molecule has 0 radical (unpaired) electrons. The fourth-order valence-electron chi connectivity index (χ4n) is 2.85. The number of halogens is 1. The summed E-state index contributed by atoms with van der Waals surface area (Å²) in [5.74, 6) is 0.798. The third-order valence-electron chi connectivity index (χ3n) is 4.05. The first kappa shape index (κ1) is 15.8. The highest BCUT2D eigenvalue weighted by Gasteiger charge is 2.26. The summed E-state index contributed by atoms with van der Waals surface area (Å²) in [5, 5.41) is 10.2. The number of nitrogens with zero attached hydrogens (tertiary/aromatic N) is 1. The Morgan fingerprint density at radius 2 is 1.85 bits per heavy atom. The number of hydrogen-bond donors (Lipinski definition) is 1. The third-order valence-corrected chi connectivity index (χ3v) is 4.58. The molecule has 0 bridgehead atoms. The van der Waals surface area contributed by atoms with Gasteiger partial charge < -0.3 is 9.84 Å². The van der Waals surface area contributed by atoms with Crippen LogP contribution in [0.3, 0.4) is 0 Å². The number of ether oxygens (including phenoxy) is 1. The maximum atomic E-state index is 10.2. The lowest BCUT2D eigenvalue weighted by Gasteiger charge is -2.40. The molecule has 1 aliphatic heterocycles. The quantitative estimate of drug-likeness (QED) is 0.890. The van der Waals surface area contributed by atoms with Crippen LogP contribution in [0.25, 0.3) is 0 Å². The summed E-state index contributed by atoms with van der Waals surface area (Å²) < 4.78 is 6.67. The van der Waals surface area contributed by atoms with Gasteiger partial charge in [-0.15, -0.1) is 0 Å². The van der Waals surface area contributed by atoms with Gasteiger partial charge in [0.15, 0.2) is 0 Å². The van der Waals surface area contributed by atoms with Crippen LogP contribution in [0.2, 0.25) is 0 Å². The summed E-state index contributed by atoms with van der Waals surface area (Å²) in [6.45, 7) is 5.53. The number of aliphatic hydroxyl groups excluding tert-OH is 1. The second kappa shape index (κ2) is 7.43. The highest BCUT2D eigenvalue weighted by Crippen LogP contribution is 2.22. The van der Waals surface area contributed by atoms with Crippen molar-refractivity contribution in [2.75, 3.05) is 13.2 Å². The minimum atomic E-state index is -0.443. The Hall–Kier alpha value is -0.580. The van der Waals surface area contributed by atoms with E-state index >= 15 is 0 Å². The van der Waals surface area contributed by atoms with E-state index in [1.165, 1.54) is 19.3 Å². The van der Waals surface area contributed by atoms with Gasteiger partial charge in [-0.1, -0.05) is 22.4 Å². The predicted molar refractivity (Wildman–Crippen MR) is 85.1 cm³/mol. The average molecular weight is 342 g/mol. The number of rotatable bonds is 5. The van der Waals surface area contributed by atoms with Crippen molar-refractivity contribution in [3.63, 3.8) is 0 Å². The fourth-order valence-corrected chi connectivity index (χ4v) is 3.12. The molecular formula is C16H24BrNO2. The second-order valence-corrected chi connectivity index (χ2v) is 6.66. The molecule has 3 atom stereocenters. The molecule has 0 aromatic heterocycles. The fraction of sp³-hybridized carbons (Fsp3) is 0.625. The first-order chi connectivity index (χ1) is 9.56. The lowest BCUT2D eigenvalue weighted by atomic mass is 9.97. The second-order valence-electron chi connectivity index (χ2n) is 5.74. The third kappa shape index (κ3) is 4.47. The van der Waals surface area contributed by atoms with Gasteiger partial charge in [-0.3, -0.25) is 4.90 Å². The zero-order valence-electron chi connectivity index (χ0n) is 12.3. The topological polar surface area (TPSA) is 32.7 Å². The number of aliphatic hydroxyl groups is 1. The molecule has 0 saturated carbocycles. The Kier molecular flexibility index (Phi) is 5.87. The van der Waals surface area contributed by atoms with E-state index in [0.717, 1.165) is 10.2 Å². The van der Waals surface area contributed by atoms with Crippen molar-refractivity contribution in [3.05, 3.63) is 28.7 Å². The minimum Gasteiger partial charge on any atom is -0.491 e. The van der Waals surface area contributed by atoms with Crippen LogP contribution in [0, 0.1) is 0 Å². The van der Waals surface area contributed by atoms with Gasteiger partial charge in [0.25, 0.3) is 0 Å². The van der Waals surface area contributed by atoms with Crippen LogP contribution in [0.5, 0.6) is 5.75 Å². The van der Waals surface area contributed by atoms with Crippen LogP contribution in [-0.4, -0.2) is 41.3 Å². The molecule has 1 aromatic carbocycles. The standard InChI is InChI=1S/C16H24BrNO2/c1-12-4-3-5-13(2)18(12)10-15(19)11-20-16-8-6-14(17)7-9-16/h6-9,12-13,15,19H,3-5,10-11H2,1-2H3/t12-,13-,15-/m1/s1. The molecule has 0 spiro atoms. The van der Waals surface area contributed by atoms with Crippen molar-refractivity contribution in [1.29, 1.82) is 0 Å². The zero-order chi connectivity index (χ0) is 14.5. The SMILES string of the molecule is C[C@@H]1CCC[C@@H](C)N1C[C@@H](O)COc1ccc(Br)cc1. The number of benzene rings is 1. The van der Waals surface area contributed by atoms with Crippen LogP contribution < -0.4 is 4.74 Å². The van der Waals surface area contributed by atoms with E-state index < -0.39 is 6.10 Å². The summed E-state index contributed by atoms with van der Waals surface area (Å²) in [4.78, 5) is 2.40. The first-order valence-electron chi connectivity index (χ1n) is 7.38. The van der Waals surface area contributed by atoms with Gasteiger partial charge >= 0.3 is 0 Å². The van der Waals surface area contributed by atoms with Gasteiger partial charge in [0.2, 0.25) is 0 Å². The zero-order valence-corrected chi connectivity index (χ0v) is 13.8. The minimum absolute atomic E-state index is 0.345. The van der Waals surface area contributed by atoms with E-state index in [4.69, 9.17) is 4.74 Å². The number of hydrogen-bond acceptors (Lipinski definition) is 3. The van der Waals surface area contributed by atoms with Gasteiger partial charge in [-0.05, 0) is 51.0 Å². The highest BCUT2D eigenvalue weighted by atomic mass is 79.9. The molecule has 4 heteroatoms. The van der Waals surface area contributed by atoms with Gasteiger partial charge in [-0.25, -0.2) is 0 Å². The van der Waals surface area contributed by atoms with Crippen molar-refractivity contribution in [1.82, 2.24) is 4.90 Å². The van der Waals surface area contributed by atoms with Crippen molar-refractivity contribution in [2.24, 2.45) is 0 Å². The smallest absolute Gasteiger partial charge is 0.119 e. The maximum Gasteiger partial charge on any atom is 0.119 e. The number of piperidine rings is 1. The largest absolute Gasteiger partial charge is 0.491 e. The molecule has 0 aliphatic carbocycles. The van der Waals surface area contributed by atoms with E-state index in [-0.39, 0.29) is 0 Å². The van der Waals surface area contributed by atoms with E-state index in [2.05, 4.69) is 34.7 Å². The molecule has 0 amide bonds. The van der Waals surface area contributed by atoms with E-state index in [1.807, 2.05) is 24.3 Å². The van der Waals surface area contributed by atoms with Crippen LogP contribution in [-0.2, 0) is 0 Å². The molecule has 1 aromatic rings. The molecule has 1 aliphatic rings. The normalized spacial score (nSPS) is 25.4. The number of β-amino-alcohol motifs (C(OH)–C–C–N with tert-alkyl or cyclic N) is 1. The Balaban J connectivity index is 1.79. The maximum absolute atomic E-state index is 10.2. The van der Waals surface area contributed by atoms with Crippen molar-refractivity contribution in [2.45, 2.75) is 51.3 Å². The van der Waals surface area contributed by atoms with Gasteiger partial charge in [-0.2, -0.15) is 0 Å². The highest BCUT2D eigenvalue weighted by molar-refractivity contribution is 9.10. The Morgan fingerprint density at radius 3 is 2.45 bits per heavy atom. The van der Waals surface area contributed by atoms with Gasteiger partial charge in [0.1, 0.15) is 18.5 Å². The summed E-state index contributed by atoms with van der Waals surface area (Å²) in [6.07, 6.45) is 3.31. The van der Waals surface area contributed by atoms with E-state index in [0.29, 0.717) is 25.2 Å². The van der Waals surface area contributed by atoms with Crippen molar-refractivity contribution >= 4 is 15.9 Å². The summed E-state index contributed by atoms with van der Waals surface area (Å²) in [6, 6.07) is 8.81. The molecule has 1 N–H and O–H groups in total. The van der Waals surface area contributed by atoms with Crippen LogP contribution in [0.1, 0.15) is 33.1 Å². The molecule has 2 rings (SSSR count). The molecule has 20 heavy (non-hydrogen) atoms. The molecule has 1 saturated heterocycles. The average Bonchev–Trinajstić information content (AvgIpc) is 2.42. The Bertz CT molecular complexity index is 399. The molecule has 1 heterocycles. The Labute approximate surface area is 130 Å². The molecule has 3 nitrogen and oxygen atoms in total. The molecule has 1 fully saturated rings. The lowest BCUT2D eigenvalue weighted by Crippen LogP contribution is -2.48. The van der Waals surface area contributed by atoms with Crippen molar-refractivity contribution < 1.29 is 9.84 Å². The van der Waals surface area contributed by atoms with E-state index in [1.54, 1.807) is 0 Å². The van der Waals surface area contributed by atoms with Crippen LogP contribution >= 0.6 is 15.9 Å². The van der Waals surface area contributed by atoms with Crippen LogP contribution in [0.4, 0.5) is 0 Å². The predicted octanol–water partition coefficient (Wildman–Crippen LogP) is 3.45. The van der Waals surface area contributed by atoms with Crippen molar-refractivity contribution in [3.8, 4) is 5.75 Å². The summed E-state index contributed by atoms with van der Waals surface area (Å²) in [5.41, 5.74) is 0. The molecule has 112 valence electrons.